The van der Waals surface area contributed by atoms with Crippen LogP contribution in [0.4, 0.5) is 5.69 Å². The molecule has 0 saturated heterocycles. The minimum absolute atomic E-state index is 0.161. The Morgan fingerprint density at radius 1 is 1.06 bits per heavy atom. The number of hydrogen-bond acceptors (Lipinski definition) is 6. The molecule has 1 aromatic heterocycles. The Hall–Kier alpha value is -3.48. The molecule has 2 aliphatic heterocycles. The maximum absolute atomic E-state index is 12.7. The number of nitrogens with one attached hydrogen (secondary N) is 1. The predicted molar refractivity (Wildman–Crippen MR) is 129 cm³/mol. The number of benzene rings is 2. The van der Waals surface area contributed by atoms with Crippen molar-refractivity contribution in [1.82, 2.24) is 0 Å². The van der Waals surface area contributed by atoms with Crippen LogP contribution in [0.15, 0.2) is 39.5 Å². The van der Waals surface area contributed by atoms with Gasteiger partial charge in [-0.2, -0.15) is 0 Å². The van der Waals surface area contributed by atoms with E-state index in [1.54, 1.807) is 18.2 Å². The van der Waals surface area contributed by atoms with E-state index in [4.69, 9.17) is 18.6 Å². The molecule has 3 heterocycles. The van der Waals surface area contributed by atoms with Gasteiger partial charge in [-0.05, 0) is 69.4 Å². The first-order valence-corrected chi connectivity index (χ1v) is 11.8. The second-order valence-electron chi connectivity index (χ2n) is 9.57. The zero-order valence-corrected chi connectivity index (χ0v) is 19.8. The lowest BCUT2D eigenvalue weighted by Crippen LogP contribution is -2.32. The molecular formula is C27H29NO6. The molecule has 0 fully saturated rings. The van der Waals surface area contributed by atoms with E-state index in [-0.39, 0.29) is 17.9 Å². The third-order valence-corrected chi connectivity index (χ3v) is 6.48. The van der Waals surface area contributed by atoms with Gasteiger partial charge in [0, 0.05) is 41.6 Å². The van der Waals surface area contributed by atoms with Crippen molar-refractivity contribution in [3.05, 3.63) is 57.4 Å². The molecule has 2 aliphatic rings. The van der Waals surface area contributed by atoms with E-state index in [1.807, 2.05) is 13.0 Å². The maximum atomic E-state index is 12.7. The number of carbonyl (C=O) groups excluding carboxylic acids is 1. The maximum Gasteiger partial charge on any atom is 0.339 e. The lowest BCUT2D eigenvalue weighted by molar-refractivity contribution is -0.116. The molecule has 3 aromatic rings. The number of rotatable bonds is 4. The second kappa shape index (κ2) is 8.70. The van der Waals surface area contributed by atoms with Crippen molar-refractivity contribution in [2.24, 2.45) is 0 Å². The van der Waals surface area contributed by atoms with Gasteiger partial charge in [0.05, 0.1) is 13.2 Å². The van der Waals surface area contributed by atoms with E-state index in [9.17, 15) is 9.59 Å². The molecule has 0 saturated carbocycles. The predicted octanol–water partition coefficient (Wildman–Crippen LogP) is 4.94. The Bertz CT molecular complexity index is 1320. The van der Waals surface area contributed by atoms with Gasteiger partial charge in [-0.3, -0.25) is 4.79 Å². The Balaban J connectivity index is 1.32. The lowest BCUT2D eigenvalue weighted by atomic mass is 9.92. The largest absolute Gasteiger partial charge is 0.490 e. The second-order valence-corrected chi connectivity index (χ2v) is 9.57. The summed E-state index contributed by atoms with van der Waals surface area (Å²) in [6.07, 6.45) is 3.10. The van der Waals surface area contributed by atoms with Crippen molar-refractivity contribution in [2.75, 3.05) is 18.5 Å². The van der Waals surface area contributed by atoms with Crippen LogP contribution >= 0.6 is 0 Å². The summed E-state index contributed by atoms with van der Waals surface area (Å²) in [5.41, 5.74) is 2.98. The SMILES string of the molecule is Cc1c(CCC(=O)Nc2ccc3c(c2)OCCCO3)c(=O)oc2cc3c(cc12)CCC(C)(C)O3. The highest BCUT2D eigenvalue weighted by atomic mass is 16.5. The highest BCUT2D eigenvalue weighted by Gasteiger charge is 2.27. The van der Waals surface area contributed by atoms with Crippen LogP contribution in [0.1, 0.15) is 49.8 Å². The van der Waals surface area contributed by atoms with Crippen molar-refractivity contribution in [3.63, 3.8) is 0 Å². The number of fused-ring (bicyclic) bond motifs is 3. The fourth-order valence-electron chi connectivity index (χ4n) is 4.53. The van der Waals surface area contributed by atoms with Gasteiger partial charge >= 0.3 is 5.63 Å². The Kier molecular flexibility index (Phi) is 5.71. The summed E-state index contributed by atoms with van der Waals surface area (Å²) in [6, 6.07) is 9.22. The highest BCUT2D eigenvalue weighted by molar-refractivity contribution is 5.91. The summed E-state index contributed by atoms with van der Waals surface area (Å²) in [4.78, 5) is 25.4. The third-order valence-electron chi connectivity index (χ3n) is 6.48. The van der Waals surface area contributed by atoms with Crippen LogP contribution in [0, 0.1) is 6.92 Å². The van der Waals surface area contributed by atoms with Crippen molar-refractivity contribution in [3.8, 4) is 17.2 Å². The molecule has 7 nitrogen and oxygen atoms in total. The topological polar surface area (TPSA) is 87.0 Å². The molecule has 0 unspecified atom stereocenters. The molecule has 0 aliphatic carbocycles. The summed E-state index contributed by atoms with van der Waals surface area (Å²) in [7, 11) is 0. The average Bonchev–Trinajstić information content (AvgIpc) is 3.02. The van der Waals surface area contributed by atoms with Crippen LogP contribution in [0.25, 0.3) is 11.0 Å². The van der Waals surface area contributed by atoms with Gasteiger partial charge in [0.25, 0.3) is 0 Å². The third kappa shape index (κ3) is 4.47. The molecule has 0 radical (unpaired) electrons. The van der Waals surface area contributed by atoms with E-state index in [1.165, 1.54) is 0 Å². The monoisotopic (exact) mass is 463 g/mol. The van der Waals surface area contributed by atoms with Gasteiger partial charge in [-0.1, -0.05) is 0 Å². The fraction of sp³-hybridized carbons (Fsp3) is 0.407. The Labute approximate surface area is 198 Å². The van der Waals surface area contributed by atoms with Gasteiger partial charge in [0.1, 0.15) is 16.9 Å². The smallest absolute Gasteiger partial charge is 0.339 e. The van der Waals surface area contributed by atoms with Gasteiger partial charge in [-0.15, -0.1) is 0 Å². The minimum Gasteiger partial charge on any atom is -0.490 e. The molecule has 0 bridgehead atoms. The first-order valence-electron chi connectivity index (χ1n) is 11.8. The Morgan fingerprint density at radius 2 is 1.85 bits per heavy atom. The number of hydrogen-bond donors (Lipinski definition) is 1. The molecule has 1 amide bonds. The molecular weight excluding hydrogens is 434 g/mol. The number of anilines is 1. The molecule has 2 aromatic carbocycles. The zero-order valence-electron chi connectivity index (χ0n) is 19.8. The van der Waals surface area contributed by atoms with Crippen LogP contribution in [0.2, 0.25) is 0 Å². The van der Waals surface area contributed by atoms with E-state index < -0.39 is 5.63 Å². The molecule has 7 heteroatoms. The highest BCUT2D eigenvalue weighted by Crippen LogP contribution is 2.37. The lowest BCUT2D eigenvalue weighted by Gasteiger charge is -2.32. The average molecular weight is 464 g/mol. The normalized spacial score (nSPS) is 16.3. The summed E-state index contributed by atoms with van der Waals surface area (Å²) in [6.45, 7) is 7.22. The molecule has 178 valence electrons. The fourth-order valence-corrected chi connectivity index (χ4v) is 4.53. The van der Waals surface area contributed by atoms with E-state index in [0.29, 0.717) is 48.0 Å². The van der Waals surface area contributed by atoms with Gasteiger partial charge in [-0.25, -0.2) is 4.79 Å². The van der Waals surface area contributed by atoms with Crippen molar-refractivity contribution < 1.29 is 23.4 Å². The molecule has 1 N–H and O–H groups in total. The standard InChI is InChI=1S/C27H29NO6/c1-16-19(6-8-25(29)28-18-5-7-21-24(14-18)32-12-4-11-31-21)26(30)33-23-15-22-17(13-20(16)23)9-10-27(2,3)34-22/h5,7,13-15H,4,6,8-12H2,1-3H3,(H,28,29). The minimum atomic E-state index is -0.414. The Morgan fingerprint density at radius 3 is 2.68 bits per heavy atom. The number of ether oxygens (including phenoxy) is 3. The molecule has 34 heavy (non-hydrogen) atoms. The van der Waals surface area contributed by atoms with E-state index >= 15 is 0 Å². The van der Waals surface area contributed by atoms with E-state index in [0.717, 1.165) is 41.5 Å². The van der Waals surface area contributed by atoms with Gasteiger partial charge in [0.15, 0.2) is 11.5 Å². The molecule has 5 rings (SSSR count). The van der Waals surface area contributed by atoms with Crippen molar-refractivity contribution in [2.45, 2.75) is 58.5 Å². The molecule has 0 spiro atoms. The van der Waals surface area contributed by atoms with Crippen molar-refractivity contribution >= 4 is 22.6 Å². The number of aryl methyl sites for hydroxylation is 2. The van der Waals surface area contributed by atoms with Crippen LogP contribution in [0.3, 0.4) is 0 Å². The first-order chi connectivity index (χ1) is 16.3. The van der Waals surface area contributed by atoms with E-state index in [2.05, 4.69) is 25.2 Å². The summed E-state index contributed by atoms with van der Waals surface area (Å²) in [5.74, 6) is 1.89. The van der Waals surface area contributed by atoms with Gasteiger partial charge < -0.3 is 23.9 Å². The first kappa shape index (κ1) is 22.3. The number of amides is 1. The van der Waals surface area contributed by atoms with Crippen LogP contribution in [0.5, 0.6) is 17.2 Å². The van der Waals surface area contributed by atoms with Crippen LogP contribution < -0.4 is 25.2 Å². The summed E-state index contributed by atoms with van der Waals surface area (Å²) < 4.78 is 23.0. The van der Waals surface area contributed by atoms with Gasteiger partial charge in [0.2, 0.25) is 5.91 Å². The summed E-state index contributed by atoms with van der Waals surface area (Å²) >= 11 is 0. The number of carbonyl (C=O) groups is 1. The van der Waals surface area contributed by atoms with Crippen LogP contribution in [-0.4, -0.2) is 24.7 Å². The van der Waals surface area contributed by atoms with Crippen molar-refractivity contribution in [1.29, 1.82) is 0 Å². The molecule has 0 atom stereocenters. The zero-order chi connectivity index (χ0) is 23.9. The quantitative estimate of drug-likeness (QED) is 0.552. The summed E-state index contributed by atoms with van der Waals surface area (Å²) in [5, 5.41) is 3.77. The van der Waals surface area contributed by atoms with Crippen LogP contribution in [-0.2, 0) is 17.6 Å².